The molecule has 0 amide bonds. The molecule has 2 atom stereocenters. The molecule has 12 heavy (non-hydrogen) atoms. The van der Waals surface area contributed by atoms with Gasteiger partial charge in [0.25, 0.3) is 0 Å². The van der Waals surface area contributed by atoms with Gasteiger partial charge in [0, 0.05) is 26.3 Å². The van der Waals surface area contributed by atoms with Gasteiger partial charge < -0.3 is 14.8 Å². The molecule has 0 radical (unpaired) electrons. The molecule has 0 aromatic rings. The second kappa shape index (κ2) is 6.66. The van der Waals surface area contributed by atoms with Crippen LogP contribution in [0.2, 0.25) is 0 Å². The van der Waals surface area contributed by atoms with Gasteiger partial charge in [-0.25, -0.2) is 0 Å². The van der Waals surface area contributed by atoms with Crippen molar-refractivity contribution in [1.29, 1.82) is 0 Å². The van der Waals surface area contributed by atoms with Crippen molar-refractivity contribution in [1.82, 2.24) is 5.32 Å². The first kappa shape index (κ1) is 12.2. The van der Waals surface area contributed by atoms with Crippen molar-refractivity contribution in [2.75, 3.05) is 27.4 Å². The van der Waals surface area contributed by atoms with Crippen molar-refractivity contribution in [2.45, 2.75) is 24.9 Å². The third-order valence-corrected chi connectivity index (χ3v) is 2.07. The number of nitrogens with one attached hydrogen (secondary N) is 1. The zero-order valence-corrected chi connectivity index (χ0v) is 8.52. The maximum absolute atomic E-state index is 5.05. The molecular formula is C8H18ClNO2. The summed E-state index contributed by atoms with van der Waals surface area (Å²) < 4.78 is 10.1. The van der Waals surface area contributed by atoms with E-state index < -0.39 is 0 Å². The van der Waals surface area contributed by atoms with Gasteiger partial charge in [-0.15, -0.1) is 12.4 Å². The zero-order valence-electron chi connectivity index (χ0n) is 7.71. The number of rotatable bonds is 4. The van der Waals surface area contributed by atoms with Crippen LogP contribution in [-0.2, 0) is 9.47 Å². The summed E-state index contributed by atoms with van der Waals surface area (Å²) in [6, 6.07) is 1.08. The highest BCUT2D eigenvalue weighted by Gasteiger charge is 2.22. The lowest BCUT2D eigenvalue weighted by molar-refractivity contribution is 0.153. The van der Waals surface area contributed by atoms with Crippen molar-refractivity contribution in [3.05, 3.63) is 0 Å². The van der Waals surface area contributed by atoms with Gasteiger partial charge in [-0.1, -0.05) is 0 Å². The summed E-state index contributed by atoms with van der Waals surface area (Å²) in [6.07, 6.45) is 2.42. The molecule has 0 aliphatic carbocycles. The van der Waals surface area contributed by atoms with E-state index in [-0.39, 0.29) is 12.4 Å². The minimum absolute atomic E-state index is 0. The van der Waals surface area contributed by atoms with E-state index in [0.29, 0.717) is 12.1 Å². The molecule has 74 valence electrons. The highest BCUT2D eigenvalue weighted by atomic mass is 35.5. The predicted molar refractivity (Wildman–Crippen MR) is 50.9 cm³/mol. The summed E-state index contributed by atoms with van der Waals surface area (Å²) in [7, 11) is 3.48. The Kier molecular flexibility index (Phi) is 6.76. The maximum Gasteiger partial charge on any atom is 0.0615 e. The van der Waals surface area contributed by atoms with Crippen molar-refractivity contribution in [3.63, 3.8) is 0 Å². The number of hydrogen-bond donors (Lipinski definition) is 1. The average Bonchev–Trinajstić information content (AvgIpc) is 2.38. The van der Waals surface area contributed by atoms with Crippen molar-refractivity contribution in [3.8, 4) is 0 Å². The van der Waals surface area contributed by atoms with Gasteiger partial charge in [-0.2, -0.15) is 0 Å². The second-order valence-corrected chi connectivity index (χ2v) is 3.05. The Morgan fingerprint density at radius 3 is 1.83 bits per heavy atom. The minimum Gasteiger partial charge on any atom is -0.383 e. The molecule has 2 unspecified atom stereocenters. The van der Waals surface area contributed by atoms with E-state index >= 15 is 0 Å². The third-order valence-electron chi connectivity index (χ3n) is 2.07. The van der Waals surface area contributed by atoms with Crippen LogP contribution in [0.1, 0.15) is 12.8 Å². The highest BCUT2D eigenvalue weighted by Crippen LogP contribution is 2.12. The van der Waals surface area contributed by atoms with Gasteiger partial charge in [-0.05, 0) is 12.8 Å². The van der Waals surface area contributed by atoms with E-state index in [4.69, 9.17) is 9.47 Å². The van der Waals surface area contributed by atoms with Gasteiger partial charge in [0.1, 0.15) is 0 Å². The van der Waals surface area contributed by atoms with Crippen LogP contribution in [0.15, 0.2) is 0 Å². The molecule has 0 aromatic heterocycles. The fraction of sp³-hybridized carbons (Fsp3) is 1.00. The zero-order chi connectivity index (χ0) is 8.10. The summed E-state index contributed by atoms with van der Waals surface area (Å²) in [5.41, 5.74) is 0. The second-order valence-electron chi connectivity index (χ2n) is 3.05. The molecule has 0 spiro atoms. The molecule has 1 aliphatic heterocycles. The molecule has 0 saturated carbocycles. The van der Waals surface area contributed by atoms with Crippen molar-refractivity contribution < 1.29 is 9.47 Å². The van der Waals surface area contributed by atoms with Crippen LogP contribution in [-0.4, -0.2) is 39.5 Å². The van der Waals surface area contributed by atoms with Crippen LogP contribution in [0.5, 0.6) is 0 Å². The van der Waals surface area contributed by atoms with E-state index in [2.05, 4.69) is 5.32 Å². The monoisotopic (exact) mass is 195 g/mol. The lowest BCUT2D eigenvalue weighted by Crippen LogP contribution is -2.34. The lowest BCUT2D eigenvalue weighted by atomic mass is 10.2. The van der Waals surface area contributed by atoms with Crippen LogP contribution >= 0.6 is 12.4 Å². The van der Waals surface area contributed by atoms with Gasteiger partial charge in [0.2, 0.25) is 0 Å². The van der Waals surface area contributed by atoms with E-state index in [1.54, 1.807) is 14.2 Å². The first-order valence-electron chi connectivity index (χ1n) is 4.10. The van der Waals surface area contributed by atoms with Gasteiger partial charge in [0.05, 0.1) is 13.2 Å². The maximum atomic E-state index is 5.05. The molecule has 3 nitrogen and oxygen atoms in total. The quantitative estimate of drug-likeness (QED) is 0.721. The molecule has 1 saturated heterocycles. The number of methoxy groups -OCH3 is 2. The largest absolute Gasteiger partial charge is 0.383 e. The molecule has 1 fully saturated rings. The summed E-state index contributed by atoms with van der Waals surface area (Å²) in [6.45, 7) is 1.64. The molecule has 1 N–H and O–H groups in total. The summed E-state index contributed by atoms with van der Waals surface area (Å²) >= 11 is 0. The molecule has 4 heteroatoms. The average molecular weight is 196 g/mol. The Balaban J connectivity index is 0.00000121. The lowest BCUT2D eigenvalue weighted by Gasteiger charge is -2.12. The first-order valence-corrected chi connectivity index (χ1v) is 4.10. The van der Waals surface area contributed by atoms with Crippen molar-refractivity contribution in [2.24, 2.45) is 0 Å². The van der Waals surface area contributed by atoms with Crippen LogP contribution < -0.4 is 5.32 Å². The standard InChI is InChI=1S/C8H17NO2.ClH/c1-10-5-7-3-4-8(9-7)6-11-2;/h7-9H,3-6H2,1-2H3;1H. The molecule has 0 bridgehead atoms. The number of halogens is 1. The van der Waals surface area contributed by atoms with Crippen LogP contribution in [0.4, 0.5) is 0 Å². The SMILES string of the molecule is COCC1CCC(COC)N1.Cl. The minimum atomic E-state index is 0. The van der Waals surface area contributed by atoms with Crippen LogP contribution in [0.25, 0.3) is 0 Å². The fourth-order valence-electron chi connectivity index (χ4n) is 1.57. The first-order chi connectivity index (χ1) is 5.36. The smallest absolute Gasteiger partial charge is 0.0615 e. The van der Waals surface area contributed by atoms with Gasteiger partial charge in [-0.3, -0.25) is 0 Å². The summed E-state index contributed by atoms with van der Waals surface area (Å²) in [5, 5.41) is 3.44. The highest BCUT2D eigenvalue weighted by molar-refractivity contribution is 5.85. The summed E-state index contributed by atoms with van der Waals surface area (Å²) in [5.74, 6) is 0. The van der Waals surface area contributed by atoms with E-state index in [0.717, 1.165) is 13.2 Å². The predicted octanol–water partition coefficient (Wildman–Crippen LogP) is 0.822. The molecule has 1 heterocycles. The van der Waals surface area contributed by atoms with E-state index in [1.165, 1.54) is 12.8 Å². The Morgan fingerprint density at radius 2 is 1.50 bits per heavy atom. The Labute approximate surface area is 80.2 Å². The van der Waals surface area contributed by atoms with Crippen LogP contribution in [0, 0.1) is 0 Å². The Bertz CT molecular complexity index is 101. The van der Waals surface area contributed by atoms with Crippen molar-refractivity contribution >= 4 is 12.4 Å². The Morgan fingerprint density at radius 1 is 1.08 bits per heavy atom. The van der Waals surface area contributed by atoms with E-state index in [9.17, 15) is 0 Å². The van der Waals surface area contributed by atoms with E-state index in [1.807, 2.05) is 0 Å². The van der Waals surface area contributed by atoms with Crippen LogP contribution in [0.3, 0.4) is 0 Å². The third kappa shape index (κ3) is 3.72. The number of ether oxygens (including phenoxy) is 2. The molecule has 1 aliphatic rings. The summed E-state index contributed by atoms with van der Waals surface area (Å²) in [4.78, 5) is 0. The Hall–Kier alpha value is 0.170. The number of hydrogen-bond acceptors (Lipinski definition) is 3. The fourth-order valence-corrected chi connectivity index (χ4v) is 1.57. The molecule has 1 rings (SSSR count). The van der Waals surface area contributed by atoms with Gasteiger partial charge in [0.15, 0.2) is 0 Å². The normalized spacial score (nSPS) is 28.5. The van der Waals surface area contributed by atoms with Gasteiger partial charge >= 0.3 is 0 Å². The molecule has 0 aromatic carbocycles. The topological polar surface area (TPSA) is 30.5 Å². The molecular weight excluding hydrogens is 178 g/mol.